The Morgan fingerprint density at radius 3 is 2.37 bits per heavy atom. The molecular formula is C14H28N2O3. The highest BCUT2D eigenvalue weighted by molar-refractivity contribution is 5.78. The van der Waals surface area contributed by atoms with Crippen LogP contribution in [0.1, 0.15) is 40.5 Å². The highest BCUT2D eigenvalue weighted by Crippen LogP contribution is 2.03. The van der Waals surface area contributed by atoms with Gasteiger partial charge in [-0.15, -0.1) is 0 Å². The zero-order valence-corrected chi connectivity index (χ0v) is 12.6. The number of carbonyl (C=O) groups excluding carboxylic acids is 1. The lowest BCUT2D eigenvalue weighted by molar-refractivity contribution is -0.142. The van der Waals surface area contributed by atoms with E-state index in [1.165, 1.54) is 0 Å². The molecule has 0 aliphatic rings. The average molecular weight is 272 g/mol. The average Bonchev–Trinajstić information content (AvgIpc) is 2.33. The Morgan fingerprint density at radius 2 is 1.89 bits per heavy atom. The summed E-state index contributed by atoms with van der Waals surface area (Å²) in [7, 11) is 0. The van der Waals surface area contributed by atoms with E-state index in [2.05, 4.69) is 12.2 Å². The highest BCUT2D eigenvalue weighted by atomic mass is 16.4. The molecule has 1 unspecified atom stereocenters. The predicted octanol–water partition coefficient (Wildman–Crippen LogP) is 1.58. The topological polar surface area (TPSA) is 69.6 Å². The molecule has 0 aromatic carbocycles. The summed E-state index contributed by atoms with van der Waals surface area (Å²) in [6.45, 7) is 9.97. The van der Waals surface area contributed by atoms with Crippen LogP contribution in [0.3, 0.4) is 0 Å². The van der Waals surface area contributed by atoms with Gasteiger partial charge in [-0.2, -0.15) is 0 Å². The molecule has 2 N–H and O–H groups in total. The molecule has 0 aliphatic carbocycles. The Balaban J connectivity index is 4.25. The van der Waals surface area contributed by atoms with Crippen LogP contribution in [0.2, 0.25) is 0 Å². The second-order valence-electron chi connectivity index (χ2n) is 5.53. The monoisotopic (exact) mass is 272 g/mol. The van der Waals surface area contributed by atoms with Crippen LogP contribution in [0, 0.1) is 11.8 Å². The maximum atomic E-state index is 11.8. The summed E-state index contributed by atoms with van der Waals surface area (Å²) in [4.78, 5) is 24.6. The number of carboxylic acids is 1. The van der Waals surface area contributed by atoms with Gasteiger partial charge >= 0.3 is 5.97 Å². The molecule has 0 heterocycles. The summed E-state index contributed by atoms with van der Waals surface area (Å²) in [5, 5.41) is 11.8. The smallest absolute Gasteiger partial charge is 0.307 e. The van der Waals surface area contributed by atoms with Crippen molar-refractivity contribution in [3.63, 3.8) is 0 Å². The fourth-order valence-corrected chi connectivity index (χ4v) is 1.66. The van der Waals surface area contributed by atoms with Crippen LogP contribution in [0.15, 0.2) is 0 Å². The fraction of sp³-hybridized carbons (Fsp3) is 0.857. The second kappa shape index (κ2) is 9.78. The van der Waals surface area contributed by atoms with E-state index in [-0.39, 0.29) is 12.5 Å². The fourth-order valence-electron chi connectivity index (χ4n) is 1.66. The Kier molecular flexibility index (Phi) is 9.21. The zero-order chi connectivity index (χ0) is 14.8. The van der Waals surface area contributed by atoms with Crippen molar-refractivity contribution in [1.29, 1.82) is 0 Å². The summed E-state index contributed by atoms with van der Waals surface area (Å²) < 4.78 is 0. The number of nitrogens with zero attached hydrogens (tertiary/aromatic N) is 1. The van der Waals surface area contributed by atoms with Crippen LogP contribution in [0.4, 0.5) is 0 Å². The second-order valence-corrected chi connectivity index (χ2v) is 5.53. The van der Waals surface area contributed by atoms with Gasteiger partial charge in [0.1, 0.15) is 0 Å². The third-order valence-corrected chi connectivity index (χ3v) is 2.86. The Labute approximate surface area is 116 Å². The zero-order valence-electron chi connectivity index (χ0n) is 12.6. The molecule has 0 saturated carbocycles. The lowest BCUT2D eigenvalue weighted by Gasteiger charge is -2.23. The molecule has 0 fully saturated rings. The third kappa shape index (κ3) is 9.47. The number of unbranched alkanes of at least 4 members (excludes halogenated alkanes) is 1. The maximum Gasteiger partial charge on any atom is 0.307 e. The van der Waals surface area contributed by atoms with Crippen LogP contribution in [-0.2, 0) is 9.59 Å². The lowest BCUT2D eigenvalue weighted by atomic mass is 10.1. The van der Waals surface area contributed by atoms with Crippen molar-refractivity contribution in [2.75, 3.05) is 26.2 Å². The van der Waals surface area contributed by atoms with Gasteiger partial charge in [0.25, 0.3) is 0 Å². The molecule has 0 saturated heterocycles. The molecule has 19 heavy (non-hydrogen) atoms. The predicted molar refractivity (Wildman–Crippen MR) is 76.0 cm³/mol. The van der Waals surface area contributed by atoms with Gasteiger partial charge in [0, 0.05) is 13.1 Å². The van der Waals surface area contributed by atoms with Crippen molar-refractivity contribution in [3.05, 3.63) is 0 Å². The van der Waals surface area contributed by atoms with Gasteiger partial charge in [0.05, 0.1) is 12.5 Å². The summed E-state index contributed by atoms with van der Waals surface area (Å²) in [5.74, 6) is -0.868. The number of amides is 1. The molecular weight excluding hydrogens is 244 g/mol. The first-order valence-electron chi connectivity index (χ1n) is 7.08. The Hall–Kier alpha value is -1.10. The van der Waals surface area contributed by atoms with Crippen LogP contribution in [-0.4, -0.2) is 48.1 Å². The van der Waals surface area contributed by atoms with Gasteiger partial charge in [-0.1, -0.05) is 34.1 Å². The van der Waals surface area contributed by atoms with E-state index in [1.807, 2.05) is 18.7 Å². The molecule has 0 aromatic rings. The summed E-state index contributed by atoms with van der Waals surface area (Å²) >= 11 is 0. The quantitative estimate of drug-likeness (QED) is 0.633. The number of carboxylic acid groups (broad SMARTS) is 1. The standard InChI is InChI=1S/C14H28N2O3/c1-5-6-7-16(9-12(4)14(18)19)10-13(17)15-8-11(2)3/h11-12H,5-10H2,1-4H3,(H,15,17)(H,18,19). The van der Waals surface area contributed by atoms with Gasteiger partial charge < -0.3 is 10.4 Å². The molecule has 0 radical (unpaired) electrons. The van der Waals surface area contributed by atoms with Gasteiger partial charge in [-0.05, 0) is 18.9 Å². The molecule has 0 spiro atoms. The molecule has 0 aliphatic heterocycles. The summed E-state index contributed by atoms with van der Waals surface area (Å²) in [5.41, 5.74) is 0. The SMILES string of the molecule is CCCCN(CC(=O)NCC(C)C)CC(C)C(=O)O. The van der Waals surface area contributed by atoms with E-state index < -0.39 is 11.9 Å². The summed E-state index contributed by atoms with van der Waals surface area (Å²) in [6, 6.07) is 0. The number of hydrogen-bond acceptors (Lipinski definition) is 3. The minimum atomic E-state index is -0.816. The summed E-state index contributed by atoms with van der Waals surface area (Å²) in [6.07, 6.45) is 2.01. The number of nitrogens with one attached hydrogen (secondary N) is 1. The van der Waals surface area contributed by atoms with Gasteiger partial charge in [-0.3, -0.25) is 14.5 Å². The van der Waals surface area contributed by atoms with Crippen molar-refractivity contribution in [3.8, 4) is 0 Å². The first-order chi connectivity index (χ1) is 8.86. The highest BCUT2D eigenvalue weighted by Gasteiger charge is 2.18. The van der Waals surface area contributed by atoms with E-state index >= 15 is 0 Å². The van der Waals surface area contributed by atoms with E-state index in [1.54, 1.807) is 6.92 Å². The minimum Gasteiger partial charge on any atom is -0.481 e. The lowest BCUT2D eigenvalue weighted by Crippen LogP contribution is -2.41. The number of hydrogen-bond donors (Lipinski definition) is 2. The van der Waals surface area contributed by atoms with Crippen LogP contribution in [0.25, 0.3) is 0 Å². The molecule has 112 valence electrons. The third-order valence-electron chi connectivity index (χ3n) is 2.86. The first-order valence-corrected chi connectivity index (χ1v) is 7.08. The van der Waals surface area contributed by atoms with Crippen molar-refractivity contribution in [2.24, 2.45) is 11.8 Å². The van der Waals surface area contributed by atoms with Gasteiger partial charge in [-0.25, -0.2) is 0 Å². The molecule has 5 nitrogen and oxygen atoms in total. The van der Waals surface area contributed by atoms with Crippen molar-refractivity contribution >= 4 is 11.9 Å². The van der Waals surface area contributed by atoms with Gasteiger partial charge in [0.2, 0.25) is 5.91 Å². The normalized spacial score (nSPS) is 12.7. The number of rotatable bonds is 10. The van der Waals surface area contributed by atoms with Crippen molar-refractivity contribution in [1.82, 2.24) is 10.2 Å². The van der Waals surface area contributed by atoms with E-state index in [9.17, 15) is 9.59 Å². The van der Waals surface area contributed by atoms with E-state index in [4.69, 9.17) is 5.11 Å². The van der Waals surface area contributed by atoms with E-state index in [0.717, 1.165) is 19.4 Å². The van der Waals surface area contributed by atoms with Crippen molar-refractivity contribution in [2.45, 2.75) is 40.5 Å². The molecule has 0 rings (SSSR count). The van der Waals surface area contributed by atoms with Crippen LogP contribution >= 0.6 is 0 Å². The molecule has 1 atom stereocenters. The molecule has 0 bridgehead atoms. The molecule has 5 heteroatoms. The van der Waals surface area contributed by atoms with Crippen LogP contribution in [0.5, 0.6) is 0 Å². The first kappa shape index (κ1) is 17.9. The largest absolute Gasteiger partial charge is 0.481 e. The van der Waals surface area contributed by atoms with E-state index in [0.29, 0.717) is 19.0 Å². The number of carbonyl (C=O) groups is 2. The number of aliphatic carboxylic acids is 1. The van der Waals surface area contributed by atoms with Crippen molar-refractivity contribution < 1.29 is 14.7 Å². The Morgan fingerprint density at radius 1 is 1.26 bits per heavy atom. The Bertz CT molecular complexity index is 280. The van der Waals surface area contributed by atoms with Crippen LogP contribution < -0.4 is 5.32 Å². The molecule has 0 aromatic heterocycles. The maximum absolute atomic E-state index is 11.8. The molecule has 1 amide bonds. The minimum absolute atomic E-state index is 0.0256. The van der Waals surface area contributed by atoms with Gasteiger partial charge in [0.15, 0.2) is 0 Å².